The first-order valence-corrected chi connectivity index (χ1v) is 11.1. The van der Waals surface area contributed by atoms with Gasteiger partial charge < -0.3 is 4.90 Å². The predicted molar refractivity (Wildman–Crippen MR) is 109 cm³/mol. The largest absolute Gasteiger partial charge is 0.325 e. The van der Waals surface area contributed by atoms with Crippen molar-refractivity contribution in [3.8, 4) is 0 Å². The molecule has 2 fully saturated rings. The number of carbonyl (C=O) groups is 1. The summed E-state index contributed by atoms with van der Waals surface area (Å²) >= 11 is 0. The molecular weight excluding hydrogens is 394 g/mol. The average molecular weight is 415 g/mol. The fourth-order valence-corrected chi connectivity index (χ4v) is 6.14. The van der Waals surface area contributed by atoms with Crippen molar-refractivity contribution < 1.29 is 18.1 Å². The summed E-state index contributed by atoms with van der Waals surface area (Å²) in [7, 11) is -3.28. The lowest BCUT2D eigenvalue weighted by atomic mass is 10.1. The summed E-state index contributed by atoms with van der Waals surface area (Å²) < 4.78 is 24.7. The molecule has 152 valence electrons. The Morgan fingerprint density at radius 2 is 1.83 bits per heavy atom. The fourth-order valence-electron chi connectivity index (χ4n) is 4.19. The number of non-ortho nitro benzene ring substituents is 1. The molecule has 2 aromatic rings. The van der Waals surface area contributed by atoms with Crippen molar-refractivity contribution in [1.29, 1.82) is 0 Å². The molecule has 2 heterocycles. The second kappa shape index (κ2) is 6.84. The van der Waals surface area contributed by atoms with E-state index >= 15 is 0 Å². The normalized spacial score (nSPS) is 22.8. The lowest BCUT2D eigenvalue weighted by Gasteiger charge is -2.24. The highest BCUT2D eigenvalue weighted by Gasteiger charge is 2.54. The number of nitro benzene ring substituents is 1. The molecule has 2 atom stereocenters. The van der Waals surface area contributed by atoms with Gasteiger partial charge in [0.25, 0.3) is 5.69 Å². The van der Waals surface area contributed by atoms with E-state index in [0.717, 1.165) is 11.1 Å². The quantitative estimate of drug-likeness (QED) is 0.434. The van der Waals surface area contributed by atoms with Crippen molar-refractivity contribution in [1.82, 2.24) is 4.90 Å². The number of hydrogen-bond donors (Lipinski definition) is 0. The smallest absolute Gasteiger partial charge is 0.314 e. The topological polar surface area (TPSA) is 101 Å². The minimum absolute atomic E-state index is 0.0591. The zero-order valence-electron chi connectivity index (χ0n) is 16.1. The van der Waals surface area contributed by atoms with Gasteiger partial charge in [0.2, 0.25) is 0 Å². The van der Waals surface area contributed by atoms with Crippen LogP contribution >= 0.6 is 0 Å². The Morgan fingerprint density at radius 3 is 2.55 bits per heavy atom. The predicted octanol–water partition coefficient (Wildman–Crippen LogP) is 2.82. The number of nitro groups is 1. The highest BCUT2D eigenvalue weighted by atomic mass is 32.2. The van der Waals surface area contributed by atoms with E-state index in [2.05, 4.69) is 0 Å². The van der Waals surface area contributed by atoms with Gasteiger partial charge in [0.15, 0.2) is 9.84 Å². The van der Waals surface area contributed by atoms with Crippen LogP contribution in [-0.4, -0.2) is 47.9 Å². The summed E-state index contributed by atoms with van der Waals surface area (Å²) in [6, 6.07) is 10.6. The molecule has 0 aromatic heterocycles. The Labute approximate surface area is 168 Å². The van der Waals surface area contributed by atoms with Crippen molar-refractivity contribution in [2.45, 2.75) is 32.5 Å². The molecule has 0 unspecified atom stereocenters. The Bertz CT molecular complexity index is 1110. The number of hydrogen-bond acceptors (Lipinski definition) is 5. The summed E-state index contributed by atoms with van der Waals surface area (Å²) in [6.07, 6.45) is 0. The molecule has 2 saturated heterocycles. The maximum absolute atomic E-state index is 13.3. The minimum Gasteiger partial charge on any atom is -0.314 e. The lowest BCUT2D eigenvalue weighted by Crippen LogP contribution is -2.38. The molecule has 2 amide bonds. The van der Waals surface area contributed by atoms with Crippen LogP contribution in [0.1, 0.15) is 16.7 Å². The highest BCUT2D eigenvalue weighted by molar-refractivity contribution is 7.91. The number of urea groups is 1. The van der Waals surface area contributed by atoms with Crippen molar-refractivity contribution in [3.05, 3.63) is 69.3 Å². The number of amides is 2. The minimum atomic E-state index is -3.28. The van der Waals surface area contributed by atoms with Crippen LogP contribution in [0.2, 0.25) is 0 Å². The first-order valence-electron chi connectivity index (χ1n) is 9.27. The van der Waals surface area contributed by atoms with E-state index in [0.29, 0.717) is 11.3 Å². The maximum Gasteiger partial charge on any atom is 0.325 e. The van der Waals surface area contributed by atoms with Gasteiger partial charge >= 0.3 is 6.03 Å². The van der Waals surface area contributed by atoms with Crippen LogP contribution in [0.15, 0.2) is 42.5 Å². The van der Waals surface area contributed by atoms with E-state index < -0.39 is 26.8 Å². The van der Waals surface area contributed by atoms with Gasteiger partial charge in [-0.2, -0.15) is 0 Å². The van der Waals surface area contributed by atoms with E-state index in [1.165, 1.54) is 17.0 Å². The number of nitrogens with zero attached hydrogens (tertiary/aromatic N) is 3. The van der Waals surface area contributed by atoms with E-state index in [1.54, 1.807) is 17.0 Å². The Morgan fingerprint density at radius 1 is 1.10 bits per heavy atom. The Hall–Kier alpha value is -2.94. The van der Waals surface area contributed by atoms with Gasteiger partial charge in [-0.15, -0.1) is 0 Å². The van der Waals surface area contributed by atoms with Crippen molar-refractivity contribution in [3.63, 3.8) is 0 Å². The van der Waals surface area contributed by atoms with Crippen LogP contribution in [0.25, 0.3) is 0 Å². The second-order valence-electron chi connectivity index (χ2n) is 7.71. The summed E-state index contributed by atoms with van der Waals surface area (Å²) in [5.41, 5.74) is 3.12. The fraction of sp³-hybridized carbons (Fsp3) is 0.350. The van der Waals surface area contributed by atoms with Crippen LogP contribution in [-0.2, 0) is 16.4 Å². The zero-order valence-corrected chi connectivity index (χ0v) is 16.9. The van der Waals surface area contributed by atoms with Gasteiger partial charge in [-0.25, -0.2) is 13.2 Å². The van der Waals surface area contributed by atoms with Gasteiger partial charge in [0, 0.05) is 24.4 Å². The summed E-state index contributed by atoms with van der Waals surface area (Å²) in [4.78, 5) is 27.1. The average Bonchev–Trinajstić information content (AvgIpc) is 3.08. The molecule has 0 aliphatic carbocycles. The molecule has 8 nitrogen and oxygen atoms in total. The molecule has 2 aromatic carbocycles. The van der Waals surface area contributed by atoms with E-state index in [9.17, 15) is 23.3 Å². The van der Waals surface area contributed by atoms with Crippen LogP contribution in [0.5, 0.6) is 0 Å². The molecule has 2 aliphatic heterocycles. The SMILES string of the molecule is Cc1ccc(C)c(N2C(=O)N(Cc3cccc([N+](=O)[O-])c3)[C@@H]3CS(=O)(=O)C[C@@H]32)c1. The van der Waals surface area contributed by atoms with Gasteiger partial charge in [-0.3, -0.25) is 15.0 Å². The summed E-state index contributed by atoms with van der Waals surface area (Å²) in [6.45, 7) is 3.94. The van der Waals surface area contributed by atoms with Gasteiger partial charge in [0.05, 0.1) is 28.5 Å². The third-order valence-electron chi connectivity index (χ3n) is 5.58. The molecule has 2 aliphatic rings. The summed E-state index contributed by atoms with van der Waals surface area (Å²) in [5.74, 6) is -0.179. The first kappa shape index (κ1) is 19.4. The molecule has 0 N–H and O–H groups in total. The number of carbonyl (C=O) groups excluding carboxylic acids is 1. The Kier molecular flexibility index (Phi) is 4.57. The molecule has 0 bridgehead atoms. The monoisotopic (exact) mass is 415 g/mol. The molecule has 9 heteroatoms. The van der Waals surface area contributed by atoms with Crippen molar-refractivity contribution in [2.75, 3.05) is 16.4 Å². The lowest BCUT2D eigenvalue weighted by molar-refractivity contribution is -0.384. The number of aryl methyl sites for hydroxylation is 2. The third kappa shape index (κ3) is 3.46. The first-order chi connectivity index (χ1) is 13.7. The van der Waals surface area contributed by atoms with Crippen molar-refractivity contribution >= 4 is 27.2 Å². The molecule has 0 saturated carbocycles. The van der Waals surface area contributed by atoms with Gasteiger partial charge in [0.1, 0.15) is 0 Å². The molecular formula is C20H21N3O5S. The van der Waals surface area contributed by atoms with Crippen LogP contribution in [0.3, 0.4) is 0 Å². The van der Waals surface area contributed by atoms with Gasteiger partial charge in [-0.05, 0) is 36.6 Å². The number of anilines is 1. The molecule has 4 rings (SSSR count). The summed E-state index contributed by atoms with van der Waals surface area (Å²) in [5, 5.41) is 11.1. The van der Waals surface area contributed by atoms with Crippen LogP contribution in [0.4, 0.5) is 16.2 Å². The van der Waals surface area contributed by atoms with Crippen molar-refractivity contribution in [2.24, 2.45) is 0 Å². The molecule has 0 radical (unpaired) electrons. The standard InChI is InChI=1S/C20H21N3O5S/c1-13-6-7-14(2)17(8-13)22-19-12-29(27,28)11-18(19)21(20(22)24)10-15-4-3-5-16(9-15)23(25)26/h3-9,18-19H,10-12H2,1-2H3/t18-,19+/m1/s1. The van der Waals surface area contributed by atoms with Crippen LogP contribution in [0, 0.1) is 24.0 Å². The maximum atomic E-state index is 13.3. The second-order valence-corrected chi connectivity index (χ2v) is 9.86. The van der Waals surface area contributed by atoms with Crippen LogP contribution < -0.4 is 4.90 Å². The molecule has 0 spiro atoms. The number of rotatable bonds is 4. The third-order valence-corrected chi connectivity index (χ3v) is 7.27. The van der Waals surface area contributed by atoms with E-state index in [4.69, 9.17) is 0 Å². The van der Waals surface area contributed by atoms with E-state index in [1.807, 2.05) is 32.0 Å². The number of sulfone groups is 1. The molecule has 29 heavy (non-hydrogen) atoms. The number of benzene rings is 2. The van der Waals surface area contributed by atoms with Gasteiger partial charge in [-0.1, -0.05) is 24.3 Å². The van der Waals surface area contributed by atoms with E-state index in [-0.39, 0.29) is 29.8 Å². The highest BCUT2D eigenvalue weighted by Crippen LogP contribution is 2.37. The number of fused-ring (bicyclic) bond motifs is 1. The zero-order chi connectivity index (χ0) is 20.9. The Balaban J connectivity index is 1.73.